The smallest absolute Gasteiger partial charge is 0.318 e. The summed E-state index contributed by atoms with van der Waals surface area (Å²) < 4.78 is 81.3. The van der Waals surface area contributed by atoms with Crippen LogP contribution in [0.15, 0.2) is 0 Å². The molecule has 6 atom stereocenters. The molecule has 0 amide bonds. The average Bonchev–Trinajstić information content (AvgIpc) is 0.824. The molecule has 0 N–H and O–H groups in total. The Morgan fingerprint density at radius 2 is 0.198 bits per heavy atom. The van der Waals surface area contributed by atoms with Crippen molar-refractivity contribution in [3.63, 3.8) is 0 Å². The molecule has 0 bridgehead atoms. The van der Waals surface area contributed by atoms with E-state index in [1.165, 1.54) is 42.1 Å². The van der Waals surface area contributed by atoms with Crippen LogP contribution in [0.4, 0.5) is 0 Å². The van der Waals surface area contributed by atoms with Gasteiger partial charge in [0.1, 0.15) is 95.5 Å². The fourth-order valence-corrected chi connectivity index (χ4v) is 11.1. The Morgan fingerprint density at radius 3 is 0.270 bits per heavy atom. The van der Waals surface area contributed by atoms with Crippen LogP contribution in [0.2, 0.25) is 0 Å². The van der Waals surface area contributed by atoms with E-state index in [1.807, 2.05) is 125 Å². The number of hydrogen-bond donors (Lipinski definition) is 0. The third kappa shape index (κ3) is 33.5. The summed E-state index contributed by atoms with van der Waals surface area (Å²) >= 11 is 0. The monoisotopic (exact) mass is 1800 g/mol. The van der Waals surface area contributed by atoms with Gasteiger partial charge in [0.15, 0.2) is 0 Å². The molecule has 0 aliphatic rings. The molecular formula is C96H168O30. The maximum Gasteiger partial charge on any atom is 0.318 e. The molecule has 0 heterocycles. The SMILES string of the molecule is CCC(C)(CC)C(=O)OCC(C)(CC)C(=O)OCC(C)(COC(=O)C(C)(CC)COC(=O)C(C)(CC)CC)C(=O)OC.CCC(C)(CC)C(=O)OCC(C)(CC)C(=O)OCC(C)(COC(=O)C(C)(CC)COC(=O)C(C)(CC)CC)C(=O)OC.CCC(C)(CC)C(=O)OCC(C)(CC)C(=O)OCC(C)(COC(=O)C(C)(CC)COC(=O)C(C)(CC)CC)C(=O)OC. The van der Waals surface area contributed by atoms with Gasteiger partial charge in [-0.05, 0) is 219 Å². The van der Waals surface area contributed by atoms with Crippen molar-refractivity contribution in [2.24, 2.45) is 81.2 Å². The maximum absolute atomic E-state index is 13.2. The largest absolute Gasteiger partial charge is 0.468 e. The van der Waals surface area contributed by atoms with Crippen LogP contribution in [0, 0.1) is 81.2 Å². The van der Waals surface area contributed by atoms with Gasteiger partial charge < -0.3 is 71.1 Å². The van der Waals surface area contributed by atoms with E-state index >= 15 is 0 Å². The van der Waals surface area contributed by atoms with Gasteiger partial charge in [-0.15, -0.1) is 0 Å². The molecule has 126 heavy (non-hydrogen) atoms. The van der Waals surface area contributed by atoms with E-state index in [-0.39, 0.29) is 75.5 Å². The summed E-state index contributed by atoms with van der Waals surface area (Å²) in [6.07, 6.45) is 9.11. The van der Waals surface area contributed by atoms with Crippen LogP contribution in [-0.2, 0) is 143 Å². The zero-order valence-corrected chi connectivity index (χ0v) is 84.5. The van der Waals surface area contributed by atoms with Crippen molar-refractivity contribution in [2.45, 2.75) is 344 Å². The molecule has 0 radical (unpaired) electrons. The fraction of sp³-hybridized carbons (Fsp3) is 0.844. The molecule has 0 rings (SSSR count). The number of carbonyl (C=O) groups excluding carboxylic acids is 15. The first kappa shape index (κ1) is 122. The van der Waals surface area contributed by atoms with E-state index in [9.17, 15) is 71.9 Å². The molecule has 732 valence electrons. The van der Waals surface area contributed by atoms with Crippen LogP contribution in [0.25, 0.3) is 0 Å². The Labute approximate surface area is 755 Å². The van der Waals surface area contributed by atoms with Gasteiger partial charge >= 0.3 is 89.5 Å². The van der Waals surface area contributed by atoms with Crippen LogP contribution >= 0.6 is 0 Å². The van der Waals surface area contributed by atoms with Crippen molar-refractivity contribution in [3.05, 3.63) is 0 Å². The van der Waals surface area contributed by atoms with E-state index in [0.29, 0.717) is 116 Å². The predicted octanol–water partition coefficient (Wildman–Crippen LogP) is 17.5. The van der Waals surface area contributed by atoms with E-state index in [2.05, 4.69) is 0 Å². The van der Waals surface area contributed by atoms with Crippen molar-refractivity contribution >= 4 is 89.5 Å². The maximum atomic E-state index is 13.2. The van der Waals surface area contributed by atoms with Gasteiger partial charge in [0, 0.05) is 0 Å². The molecule has 6 unspecified atom stereocenters. The molecule has 0 fully saturated rings. The molecule has 0 aliphatic carbocycles. The third-order valence-electron chi connectivity index (χ3n) is 28.3. The number of methoxy groups -OCH3 is 3. The predicted molar refractivity (Wildman–Crippen MR) is 474 cm³/mol. The topological polar surface area (TPSA) is 394 Å². The van der Waals surface area contributed by atoms with Gasteiger partial charge in [0.05, 0.1) is 86.3 Å². The molecule has 0 aromatic heterocycles. The van der Waals surface area contributed by atoms with Crippen LogP contribution in [-0.4, -0.2) is 190 Å². The highest BCUT2D eigenvalue weighted by Gasteiger charge is 2.50. The summed E-state index contributed by atoms with van der Waals surface area (Å²) in [5.74, 6) is -8.46. The second-order valence-electron chi connectivity index (χ2n) is 38.2. The van der Waals surface area contributed by atoms with Crippen molar-refractivity contribution in [3.8, 4) is 0 Å². The molecular weight excluding hydrogens is 1630 g/mol. The van der Waals surface area contributed by atoms with E-state index in [1.54, 1.807) is 83.1 Å². The Bertz CT molecular complexity index is 2970. The molecule has 30 nitrogen and oxygen atoms in total. The average molecular weight is 1800 g/mol. The number of rotatable bonds is 57. The standard InChI is InChI=1S/3C32H56O10/c3*1-13-28(7,14-2)24(34)39-19-30(9,17-5)26(36)41-21-32(11,23(33)38-12)22-42-27(37)31(10,18-6)20-40-25(35)29(8,15-3)16-4/h3*13-22H2,1-12H3. The number of hydrogen-bond acceptors (Lipinski definition) is 30. The van der Waals surface area contributed by atoms with Gasteiger partial charge in [0.25, 0.3) is 0 Å². The van der Waals surface area contributed by atoms with Crippen LogP contribution in [0.5, 0.6) is 0 Å². The lowest BCUT2D eigenvalue weighted by Crippen LogP contribution is -2.45. The zero-order valence-electron chi connectivity index (χ0n) is 84.5. The van der Waals surface area contributed by atoms with Gasteiger partial charge in [-0.1, -0.05) is 125 Å². The van der Waals surface area contributed by atoms with Gasteiger partial charge in [-0.2, -0.15) is 0 Å². The van der Waals surface area contributed by atoms with Crippen molar-refractivity contribution in [1.82, 2.24) is 0 Å². The molecule has 0 aromatic rings. The molecule has 0 saturated carbocycles. The highest BCUT2D eigenvalue weighted by Crippen LogP contribution is 2.40. The summed E-state index contributed by atoms with van der Waals surface area (Å²) in [5.41, 5.74) is -15.3. The zero-order chi connectivity index (χ0) is 99.0. The lowest BCUT2D eigenvalue weighted by Gasteiger charge is -2.32. The minimum absolute atomic E-state index is 0.177. The Morgan fingerprint density at radius 1 is 0.127 bits per heavy atom. The molecule has 30 heteroatoms. The van der Waals surface area contributed by atoms with Gasteiger partial charge in [0.2, 0.25) is 0 Å². The summed E-state index contributed by atoms with van der Waals surface area (Å²) in [5, 5.41) is 0. The van der Waals surface area contributed by atoms with Crippen molar-refractivity contribution in [1.29, 1.82) is 0 Å². The van der Waals surface area contributed by atoms with Crippen molar-refractivity contribution < 1.29 is 143 Å². The van der Waals surface area contributed by atoms with Gasteiger partial charge in [-0.25, -0.2) is 0 Å². The number of ether oxygens (including phenoxy) is 15. The Kier molecular flexibility index (Phi) is 51.6. The normalized spacial score (nSPS) is 16.2. The summed E-state index contributed by atoms with van der Waals surface area (Å²) in [7, 11) is 3.56. The van der Waals surface area contributed by atoms with Gasteiger partial charge in [-0.3, -0.25) is 71.9 Å². The molecule has 0 saturated heterocycles. The molecule has 0 spiro atoms. The van der Waals surface area contributed by atoms with Crippen LogP contribution < -0.4 is 0 Å². The van der Waals surface area contributed by atoms with E-state index in [4.69, 9.17) is 71.1 Å². The Hall–Kier alpha value is -7.95. The Balaban J connectivity index is -0.00000180. The quantitative estimate of drug-likeness (QED) is 0.0403. The highest BCUT2D eigenvalue weighted by molar-refractivity contribution is 5.86. The lowest BCUT2D eigenvalue weighted by atomic mass is 9.84. The second kappa shape index (κ2) is 53.3. The third-order valence-corrected chi connectivity index (χ3v) is 28.3. The molecule has 0 aromatic carbocycles. The first-order valence-corrected chi connectivity index (χ1v) is 45.4. The first-order valence-electron chi connectivity index (χ1n) is 45.4. The minimum atomic E-state index is -1.51. The van der Waals surface area contributed by atoms with E-state index < -0.39 is 175 Å². The summed E-state index contributed by atoms with van der Waals surface area (Å²) in [6, 6.07) is 0. The van der Waals surface area contributed by atoms with Crippen LogP contribution in [0.1, 0.15) is 344 Å². The number of carbonyl (C=O) groups is 15. The minimum Gasteiger partial charge on any atom is -0.468 e. The first-order chi connectivity index (χ1) is 58.1. The van der Waals surface area contributed by atoms with Crippen molar-refractivity contribution in [2.75, 3.05) is 101 Å². The highest BCUT2D eigenvalue weighted by atomic mass is 16.6. The molecule has 0 aliphatic heterocycles. The lowest BCUT2D eigenvalue weighted by molar-refractivity contribution is -0.182. The van der Waals surface area contributed by atoms with E-state index in [0.717, 1.165) is 0 Å². The number of esters is 15. The summed E-state index contributed by atoms with van der Waals surface area (Å²) in [6.45, 7) is 55.0. The van der Waals surface area contributed by atoms with Crippen LogP contribution in [0.3, 0.4) is 0 Å². The second-order valence-corrected chi connectivity index (χ2v) is 38.2. The fourth-order valence-electron chi connectivity index (χ4n) is 11.1. The summed E-state index contributed by atoms with van der Waals surface area (Å²) in [4.78, 5) is 193.